The van der Waals surface area contributed by atoms with Gasteiger partial charge in [0, 0.05) is 6.20 Å². The van der Waals surface area contributed by atoms with Gasteiger partial charge < -0.3 is 5.73 Å². The standard InChI is InChI=1S/C11H8Cl2FN3O2S/c12-7-4-6(14)5-8(13)10(7)17-20(18,19)9-2-1-3-16-11(9)15/h1-5,17H,(H2,15,16). The number of rotatable bonds is 3. The average molecular weight is 336 g/mol. The third kappa shape index (κ3) is 2.95. The molecule has 0 bridgehead atoms. The van der Waals surface area contributed by atoms with E-state index in [4.69, 9.17) is 28.9 Å². The van der Waals surface area contributed by atoms with Crippen LogP contribution < -0.4 is 10.5 Å². The number of sulfonamides is 1. The quantitative estimate of drug-likeness (QED) is 0.902. The second-order valence-electron chi connectivity index (χ2n) is 3.74. The Hall–Kier alpha value is -1.57. The summed E-state index contributed by atoms with van der Waals surface area (Å²) < 4.78 is 39.6. The summed E-state index contributed by atoms with van der Waals surface area (Å²) in [6.45, 7) is 0. The number of nitrogens with two attached hydrogens (primary N) is 1. The van der Waals surface area contributed by atoms with Crippen molar-refractivity contribution in [3.8, 4) is 0 Å². The fourth-order valence-electron chi connectivity index (χ4n) is 1.46. The first kappa shape index (κ1) is 14.8. The number of hydrogen-bond acceptors (Lipinski definition) is 4. The number of benzene rings is 1. The lowest BCUT2D eigenvalue weighted by atomic mass is 10.3. The molecule has 1 aromatic carbocycles. The van der Waals surface area contributed by atoms with E-state index in [9.17, 15) is 12.8 Å². The lowest BCUT2D eigenvalue weighted by Gasteiger charge is -2.12. The monoisotopic (exact) mass is 335 g/mol. The van der Waals surface area contributed by atoms with Crippen molar-refractivity contribution in [2.45, 2.75) is 4.90 Å². The summed E-state index contributed by atoms with van der Waals surface area (Å²) in [6, 6.07) is 4.57. The summed E-state index contributed by atoms with van der Waals surface area (Å²) in [5, 5.41) is -0.331. The summed E-state index contributed by atoms with van der Waals surface area (Å²) in [5.74, 6) is -0.849. The van der Waals surface area contributed by atoms with Crippen molar-refractivity contribution >= 4 is 44.7 Å². The highest BCUT2D eigenvalue weighted by Crippen LogP contribution is 2.33. The Labute approximate surface area is 124 Å². The lowest BCUT2D eigenvalue weighted by molar-refractivity contribution is 0.601. The summed E-state index contributed by atoms with van der Waals surface area (Å²) in [7, 11) is -4.03. The van der Waals surface area contributed by atoms with Gasteiger partial charge in [-0.25, -0.2) is 17.8 Å². The first-order valence-corrected chi connectivity index (χ1v) is 7.43. The molecule has 1 heterocycles. The van der Waals surface area contributed by atoms with Crippen molar-refractivity contribution in [1.29, 1.82) is 0 Å². The highest BCUT2D eigenvalue weighted by atomic mass is 35.5. The highest BCUT2D eigenvalue weighted by Gasteiger charge is 2.21. The minimum absolute atomic E-state index is 0.127. The lowest BCUT2D eigenvalue weighted by Crippen LogP contribution is -2.16. The summed E-state index contributed by atoms with van der Waals surface area (Å²) >= 11 is 11.5. The Bertz CT molecular complexity index is 745. The normalized spacial score (nSPS) is 11.3. The van der Waals surface area contributed by atoms with Crippen molar-refractivity contribution in [2.24, 2.45) is 0 Å². The minimum Gasteiger partial charge on any atom is -0.383 e. The molecule has 0 amide bonds. The first-order valence-electron chi connectivity index (χ1n) is 5.19. The van der Waals surface area contributed by atoms with E-state index in [1.165, 1.54) is 18.3 Å². The molecule has 106 valence electrons. The van der Waals surface area contributed by atoms with Gasteiger partial charge >= 0.3 is 0 Å². The largest absolute Gasteiger partial charge is 0.383 e. The van der Waals surface area contributed by atoms with Crippen LogP contribution in [-0.2, 0) is 10.0 Å². The second kappa shape index (κ2) is 5.43. The van der Waals surface area contributed by atoms with Gasteiger partial charge in [0.05, 0.1) is 15.7 Å². The third-order valence-electron chi connectivity index (χ3n) is 2.33. The molecule has 0 saturated heterocycles. The smallest absolute Gasteiger partial charge is 0.265 e. The molecule has 9 heteroatoms. The van der Waals surface area contributed by atoms with Crippen LogP contribution >= 0.6 is 23.2 Å². The predicted octanol–water partition coefficient (Wildman–Crippen LogP) is 2.91. The fraction of sp³-hybridized carbons (Fsp3) is 0. The van der Waals surface area contributed by atoms with E-state index in [-0.39, 0.29) is 26.4 Å². The average Bonchev–Trinajstić information content (AvgIpc) is 2.34. The van der Waals surface area contributed by atoms with Gasteiger partial charge in [0.2, 0.25) is 0 Å². The molecule has 5 nitrogen and oxygen atoms in total. The molecule has 0 spiro atoms. The van der Waals surface area contributed by atoms with E-state index in [0.717, 1.165) is 12.1 Å². The van der Waals surface area contributed by atoms with Crippen molar-refractivity contribution < 1.29 is 12.8 Å². The van der Waals surface area contributed by atoms with Gasteiger partial charge in [-0.3, -0.25) is 4.72 Å². The highest BCUT2D eigenvalue weighted by molar-refractivity contribution is 7.92. The van der Waals surface area contributed by atoms with Gasteiger partial charge in [-0.15, -0.1) is 0 Å². The van der Waals surface area contributed by atoms with E-state index in [0.29, 0.717) is 0 Å². The van der Waals surface area contributed by atoms with Crippen molar-refractivity contribution in [3.63, 3.8) is 0 Å². The van der Waals surface area contributed by atoms with Gasteiger partial charge in [0.1, 0.15) is 16.5 Å². The summed E-state index contributed by atoms with van der Waals surface area (Å²) in [5.41, 5.74) is 5.38. The Morgan fingerprint density at radius 3 is 2.40 bits per heavy atom. The molecule has 0 radical (unpaired) electrons. The number of pyridine rings is 1. The van der Waals surface area contributed by atoms with Crippen molar-refractivity contribution in [2.75, 3.05) is 10.5 Å². The van der Waals surface area contributed by atoms with Gasteiger partial charge in [-0.05, 0) is 24.3 Å². The van der Waals surface area contributed by atoms with Crippen LogP contribution in [0.2, 0.25) is 10.0 Å². The maximum atomic E-state index is 13.1. The number of hydrogen-bond donors (Lipinski definition) is 2. The molecule has 0 aliphatic carbocycles. The molecular formula is C11H8Cl2FN3O2S. The Morgan fingerprint density at radius 1 is 1.25 bits per heavy atom. The van der Waals surface area contributed by atoms with E-state index >= 15 is 0 Å². The number of nitrogen functional groups attached to an aromatic ring is 1. The number of anilines is 2. The number of halogens is 3. The van der Waals surface area contributed by atoms with Crippen molar-refractivity contribution in [1.82, 2.24) is 4.98 Å². The molecule has 2 aromatic rings. The SMILES string of the molecule is Nc1ncccc1S(=O)(=O)Nc1c(Cl)cc(F)cc1Cl. The van der Waals surface area contributed by atoms with Gasteiger partial charge in [0.25, 0.3) is 10.0 Å². The summed E-state index contributed by atoms with van der Waals surface area (Å²) in [6.07, 6.45) is 1.35. The Kier molecular flexibility index (Phi) is 4.03. The molecule has 0 fully saturated rings. The molecule has 1 aromatic heterocycles. The van der Waals surface area contributed by atoms with Crippen LogP contribution in [0.5, 0.6) is 0 Å². The van der Waals surface area contributed by atoms with E-state index in [1.54, 1.807) is 0 Å². The predicted molar refractivity (Wildman–Crippen MR) is 75.9 cm³/mol. The van der Waals surface area contributed by atoms with Crippen LogP contribution in [0.4, 0.5) is 15.9 Å². The maximum Gasteiger partial charge on any atom is 0.265 e. The van der Waals surface area contributed by atoms with Crippen molar-refractivity contribution in [3.05, 3.63) is 46.3 Å². The van der Waals surface area contributed by atoms with Crippen LogP contribution in [-0.4, -0.2) is 13.4 Å². The first-order chi connectivity index (χ1) is 9.31. The maximum absolute atomic E-state index is 13.1. The van der Waals surface area contributed by atoms with Gasteiger partial charge in [-0.2, -0.15) is 0 Å². The van der Waals surface area contributed by atoms with E-state index < -0.39 is 15.8 Å². The molecular weight excluding hydrogens is 328 g/mol. The molecule has 20 heavy (non-hydrogen) atoms. The molecule has 3 N–H and O–H groups in total. The van der Waals surface area contributed by atoms with E-state index in [2.05, 4.69) is 9.71 Å². The number of aromatic nitrogens is 1. The molecule has 0 saturated carbocycles. The number of nitrogens with one attached hydrogen (secondary N) is 1. The fourth-order valence-corrected chi connectivity index (χ4v) is 3.31. The van der Waals surface area contributed by atoms with Gasteiger partial charge in [-0.1, -0.05) is 23.2 Å². The molecule has 0 aliphatic rings. The summed E-state index contributed by atoms with van der Waals surface area (Å²) in [4.78, 5) is 3.45. The van der Waals surface area contributed by atoms with Crippen LogP contribution in [0, 0.1) is 5.82 Å². The molecule has 0 unspecified atom stereocenters. The zero-order valence-corrected chi connectivity index (χ0v) is 12.1. The van der Waals surface area contributed by atoms with Crippen LogP contribution in [0.15, 0.2) is 35.4 Å². The topological polar surface area (TPSA) is 85.1 Å². The molecule has 2 rings (SSSR count). The van der Waals surface area contributed by atoms with Gasteiger partial charge in [0.15, 0.2) is 0 Å². The van der Waals surface area contributed by atoms with Crippen LogP contribution in [0.1, 0.15) is 0 Å². The number of nitrogens with zero attached hydrogens (tertiary/aromatic N) is 1. The zero-order valence-electron chi connectivity index (χ0n) is 9.77. The zero-order chi connectivity index (χ0) is 14.9. The molecule has 0 aliphatic heterocycles. The van der Waals surface area contributed by atoms with Crippen LogP contribution in [0.25, 0.3) is 0 Å². The minimum atomic E-state index is -4.03. The Balaban J connectivity index is 2.47. The Morgan fingerprint density at radius 2 is 1.85 bits per heavy atom. The molecule has 0 atom stereocenters. The van der Waals surface area contributed by atoms with Crippen LogP contribution in [0.3, 0.4) is 0 Å². The van der Waals surface area contributed by atoms with E-state index in [1.807, 2.05) is 0 Å². The second-order valence-corrected chi connectivity index (χ2v) is 6.20. The third-order valence-corrected chi connectivity index (χ3v) is 4.33.